The van der Waals surface area contributed by atoms with Gasteiger partial charge in [0.2, 0.25) is 0 Å². The van der Waals surface area contributed by atoms with E-state index in [2.05, 4.69) is 17.6 Å². The number of thioether (sulfide) groups is 1. The van der Waals surface area contributed by atoms with E-state index in [1.54, 1.807) is 0 Å². The fourth-order valence-corrected chi connectivity index (χ4v) is 2.01. The summed E-state index contributed by atoms with van der Waals surface area (Å²) in [6, 6.07) is 7.63. The van der Waals surface area contributed by atoms with Crippen LogP contribution in [0.2, 0.25) is 0 Å². The molecule has 2 N–H and O–H groups in total. The summed E-state index contributed by atoms with van der Waals surface area (Å²) in [6.07, 6.45) is 3.56. The summed E-state index contributed by atoms with van der Waals surface area (Å²) in [5, 5.41) is 17.5. The topological polar surface area (TPSA) is 47.8 Å². The summed E-state index contributed by atoms with van der Waals surface area (Å²) in [7, 11) is 0. The maximum absolute atomic E-state index is 8.54. The van der Waals surface area contributed by atoms with E-state index >= 15 is 0 Å². The molecule has 1 aromatic rings. The molecule has 0 fully saturated rings. The van der Waals surface area contributed by atoms with Crippen LogP contribution in [0.5, 0.6) is 0 Å². The van der Waals surface area contributed by atoms with Crippen molar-refractivity contribution in [2.75, 3.05) is 11.9 Å². The summed E-state index contributed by atoms with van der Waals surface area (Å²) in [5.74, 6) is 0. The number of rotatable bonds is 6. The van der Waals surface area contributed by atoms with Gasteiger partial charge in [-0.25, -0.2) is 0 Å². The van der Waals surface area contributed by atoms with Crippen LogP contribution in [0.25, 0.3) is 0 Å². The van der Waals surface area contributed by atoms with Crippen LogP contribution in [0.15, 0.2) is 29.2 Å². The predicted molar refractivity (Wildman–Crippen MR) is 93.0 cm³/mol. The molecule has 0 atom stereocenters. The minimum Gasteiger partial charge on any atom is -0.362 e. The van der Waals surface area contributed by atoms with Crippen molar-refractivity contribution >= 4 is 34.8 Å². The molecule has 0 spiro atoms. The lowest BCUT2D eigenvalue weighted by atomic mass is 10.2. The van der Waals surface area contributed by atoms with Crippen molar-refractivity contribution in [2.24, 2.45) is 0 Å². The number of unbranched alkanes of at least 4 members (excludes halogenated alkanes) is 2. The van der Waals surface area contributed by atoms with Gasteiger partial charge in [-0.05, 0) is 54.7 Å². The van der Waals surface area contributed by atoms with Crippen LogP contribution in [-0.4, -0.2) is 11.7 Å². The standard InChI is InChI=1S/C13H17N3S2.C2H6/c1-2-3-4-9-15-13(17)16-11-5-7-12(8-6-11)18-10-14;1-2/h5-8H,2-4,9H2,1H3,(H2,15,16,17);1-2H3. The smallest absolute Gasteiger partial charge is 0.170 e. The zero-order valence-corrected chi connectivity index (χ0v) is 14.0. The Morgan fingerprint density at radius 3 is 2.45 bits per heavy atom. The Hall–Kier alpha value is -1.25. The first-order valence-electron chi connectivity index (χ1n) is 6.97. The molecule has 0 aliphatic heterocycles. The molecule has 0 saturated carbocycles. The van der Waals surface area contributed by atoms with Crippen LogP contribution in [0.3, 0.4) is 0 Å². The summed E-state index contributed by atoms with van der Waals surface area (Å²) in [6.45, 7) is 7.08. The fraction of sp³-hybridized carbons (Fsp3) is 0.467. The van der Waals surface area contributed by atoms with Crippen LogP contribution in [0, 0.1) is 10.7 Å². The Balaban J connectivity index is 0.00000172. The highest BCUT2D eigenvalue weighted by molar-refractivity contribution is 8.03. The van der Waals surface area contributed by atoms with Crippen LogP contribution >= 0.6 is 24.0 Å². The van der Waals surface area contributed by atoms with E-state index in [0.29, 0.717) is 5.11 Å². The molecule has 1 aromatic carbocycles. The van der Waals surface area contributed by atoms with Gasteiger partial charge < -0.3 is 10.6 Å². The van der Waals surface area contributed by atoms with Crippen molar-refractivity contribution in [3.05, 3.63) is 24.3 Å². The van der Waals surface area contributed by atoms with Gasteiger partial charge in [-0.15, -0.1) is 0 Å². The highest BCUT2D eigenvalue weighted by Gasteiger charge is 1.98. The SMILES string of the molecule is CC.CCCCCNC(=S)Nc1ccc(SC#N)cc1. The number of hydrogen-bond donors (Lipinski definition) is 2. The first-order chi connectivity index (χ1) is 9.76. The van der Waals surface area contributed by atoms with E-state index in [1.807, 2.05) is 43.5 Å². The van der Waals surface area contributed by atoms with Gasteiger partial charge in [0.15, 0.2) is 5.11 Å². The molecule has 3 nitrogen and oxygen atoms in total. The van der Waals surface area contributed by atoms with Crippen molar-refractivity contribution in [2.45, 2.75) is 44.9 Å². The van der Waals surface area contributed by atoms with Gasteiger partial charge in [0.1, 0.15) is 5.40 Å². The molecule has 5 heteroatoms. The van der Waals surface area contributed by atoms with Crippen LogP contribution in [0.1, 0.15) is 40.0 Å². The molecule has 20 heavy (non-hydrogen) atoms. The molecular weight excluding hydrogens is 286 g/mol. The van der Waals surface area contributed by atoms with Gasteiger partial charge in [-0.2, -0.15) is 5.26 Å². The summed E-state index contributed by atoms with van der Waals surface area (Å²) in [4.78, 5) is 0.935. The lowest BCUT2D eigenvalue weighted by Gasteiger charge is -2.10. The molecule has 0 aromatic heterocycles. The molecule has 0 bridgehead atoms. The monoisotopic (exact) mass is 309 g/mol. The van der Waals surface area contributed by atoms with E-state index in [4.69, 9.17) is 17.5 Å². The molecule has 0 heterocycles. The molecule has 0 aliphatic carbocycles. The number of thiocyanates is 1. The van der Waals surface area contributed by atoms with Crippen molar-refractivity contribution in [3.63, 3.8) is 0 Å². The number of benzene rings is 1. The average Bonchev–Trinajstić information content (AvgIpc) is 2.48. The second kappa shape index (κ2) is 12.8. The maximum Gasteiger partial charge on any atom is 0.170 e. The second-order valence-corrected chi connectivity index (χ2v) is 5.07. The minimum atomic E-state index is 0.645. The number of hydrogen-bond acceptors (Lipinski definition) is 3. The zero-order chi connectivity index (χ0) is 15.2. The Morgan fingerprint density at radius 1 is 1.25 bits per heavy atom. The van der Waals surface area contributed by atoms with Gasteiger partial charge in [-0.3, -0.25) is 0 Å². The van der Waals surface area contributed by atoms with Crippen molar-refractivity contribution < 1.29 is 0 Å². The Kier molecular flexibility index (Phi) is 12.0. The number of anilines is 1. The number of thiocarbonyl (C=S) groups is 1. The first kappa shape index (κ1) is 18.8. The number of nitrogens with zero attached hydrogens (tertiary/aromatic N) is 1. The first-order valence-corrected chi connectivity index (χ1v) is 8.19. The van der Waals surface area contributed by atoms with Crippen molar-refractivity contribution in [1.29, 1.82) is 5.26 Å². The van der Waals surface area contributed by atoms with E-state index in [-0.39, 0.29) is 0 Å². The minimum absolute atomic E-state index is 0.645. The van der Waals surface area contributed by atoms with Crippen LogP contribution < -0.4 is 10.6 Å². The van der Waals surface area contributed by atoms with E-state index in [1.165, 1.54) is 12.8 Å². The predicted octanol–water partition coefficient (Wildman–Crippen LogP) is 4.76. The Bertz CT molecular complexity index is 410. The van der Waals surface area contributed by atoms with Crippen LogP contribution in [-0.2, 0) is 0 Å². The third-order valence-electron chi connectivity index (χ3n) is 2.34. The molecule has 0 amide bonds. The molecule has 1 rings (SSSR count). The highest BCUT2D eigenvalue weighted by atomic mass is 32.2. The number of nitriles is 1. The zero-order valence-electron chi connectivity index (χ0n) is 12.4. The van der Waals surface area contributed by atoms with E-state index in [9.17, 15) is 0 Å². The highest BCUT2D eigenvalue weighted by Crippen LogP contribution is 2.18. The Morgan fingerprint density at radius 2 is 1.90 bits per heavy atom. The number of nitrogens with one attached hydrogen (secondary N) is 2. The summed E-state index contributed by atoms with van der Waals surface area (Å²) >= 11 is 6.34. The quantitative estimate of drug-likeness (QED) is 0.343. The van der Waals surface area contributed by atoms with E-state index < -0.39 is 0 Å². The van der Waals surface area contributed by atoms with Gasteiger partial charge in [0, 0.05) is 17.1 Å². The van der Waals surface area contributed by atoms with Crippen LogP contribution in [0.4, 0.5) is 5.69 Å². The molecular formula is C15H23N3S2. The third kappa shape index (κ3) is 8.78. The van der Waals surface area contributed by atoms with Crippen molar-refractivity contribution in [3.8, 4) is 5.40 Å². The van der Waals surface area contributed by atoms with Gasteiger partial charge in [0.25, 0.3) is 0 Å². The molecule has 0 unspecified atom stereocenters. The normalized spacial score (nSPS) is 8.90. The lowest BCUT2D eigenvalue weighted by molar-refractivity contribution is 0.698. The van der Waals surface area contributed by atoms with E-state index in [0.717, 1.165) is 35.3 Å². The van der Waals surface area contributed by atoms with Gasteiger partial charge in [-0.1, -0.05) is 33.6 Å². The van der Waals surface area contributed by atoms with Crippen molar-refractivity contribution in [1.82, 2.24) is 5.32 Å². The van der Waals surface area contributed by atoms with Gasteiger partial charge in [0.05, 0.1) is 0 Å². The average molecular weight is 310 g/mol. The fourth-order valence-electron chi connectivity index (χ4n) is 1.41. The summed E-state index contributed by atoms with van der Waals surface area (Å²) in [5.41, 5.74) is 0.935. The third-order valence-corrected chi connectivity index (χ3v) is 3.19. The second-order valence-electron chi connectivity index (χ2n) is 3.81. The largest absolute Gasteiger partial charge is 0.362 e. The molecule has 0 aliphatic rings. The maximum atomic E-state index is 8.54. The lowest BCUT2D eigenvalue weighted by Crippen LogP contribution is -2.29. The molecule has 0 radical (unpaired) electrons. The summed E-state index contributed by atoms with van der Waals surface area (Å²) < 4.78 is 0. The Labute approximate surface area is 132 Å². The molecule has 110 valence electrons. The van der Waals surface area contributed by atoms with Gasteiger partial charge >= 0.3 is 0 Å². The molecule has 0 saturated heterocycles.